The van der Waals surface area contributed by atoms with Crippen LogP contribution >= 0.6 is 0 Å². The summed E-state index contributed by atoms with van der Waals surface area (Å²) < 4.78 is 0. The first kappa shape index (κ1) is 22.6. The van der Waals surface area contributed by atoms with Crippen molar-refractivity contribution < 1.29 is 9.59 Å². The number of carbonyl (C=O) groups is 2. The Labute approximate surface area is 178 Å². The predicted octanol–water partition coefficient (Wildman–Crippen LogP) is 4.97. The molecule has 4 bridgehead atoms. The molecule has 0 saturated heterocycles. The number of carbonyl (C=O) groups excluding carboxylic acids is 2. The van der Waals surface area contributed by atoms with Gasteiger partial charge in [0.25, 0.3) is 0 Å². The highest BCUT2D eigenvalue weighted by Crippen LogP contribution is 2.60. The summed E-state index contributed by atoms with van der Waals surface area (Å²) in [6.45, 7) is 11.2. The quantitative estimate of drug-likeness (QED) is 0.482. The molecule has 4 aliphatic rings. The first-order valence-corrected chi connectivity index (χ1v) is 12.2. The van der Waals surface area contributed by atoms with Gasteiger partial charge in [0.1, 0.15) is 0 Å². The van der Waals surface area contributed by atoms with Crippen molar-refractivity contribution in [2.45, 2.75) is 85.5 Å². The minimum Gasteiger partial charge on any atom is -0.345 e. The molecule has 4 rings (SSSR count). The second kappa shape index (κ2) is 9.39. The summed E-state index contributed by atoms with van der Waals surface area (Å²) in [4.78, 5) is 30.0. The number of amides is 2. The van der Waals surface area contributed by atoms with E-state index < -0.39 is 0 Å². The number of rotatable bonds is 10. The molecule has 4 heteroatoms. The lowest BCUT2D eigenvalue weighted by atomic mass is 9.49. The van der Waals surface area contributed by atoms with Gasteiger partial charge in [0.15, 0.2) is 0 Å². The zero-order valence-electron chi connectivity index (χ0n) is 19.6. The summed E-state index contributed by atoms with van der Waals surface area (Å²) in [7, 11) is 1.99. The van der Waals surface area contributed by atoms with Crippen LogP contribution in [-0.4, -0.2) is 48.3 Å². The van der Waals surface area contributed by atoms with Crippen LogP contribution in [0.4, 0.5) is 0 Å². The largest absolute Gasteiger partial charge is 0.345 e. The van der Waals surface area contributed by atoms with Gasteiger partial charge in [-0.15, -0.1) is 0 Å². The zero-order valence-corrected chi connectivity index (χ0v) is 19.6. The normalized spacial score (nSPS) is 30.2. The van der Waals surface area contributed by atoms with E-state index in [1.807, 2.05) is 16.8 Å². The maximum atomic E-state index is 13.3. The predicted molar refractivity (Wildman–Crippen MR) is 118 cm³/mol. The minimum atomic E-state index is -0.0371. The average molecular weight is 405 g/mol. The van der Waals surface area contributed by atoms with Gasteiger partial charge in [-0.05, 0) is 81.0 Å². The van der Waals surface area contributed by atoms with Crippen molar-refractivity contribution in [1.29, 1.82) is 0 Å². The van der Waals surface area contributed by atoms with Crippen LogP contribution in [-0.2, 0) is 9.59 Å². The number of unbranched alkanes of at least 4 members (excludes halogenated alkanes) is 1. The summed E-state index contributed by atoms with van der Waals surface area (Å²) in [5.74, 6) is 4.12. The number of hydrogen-bond donors (Lipinski definition) is 0. The monoisotopic (exact) mass is 404 g/mol. The van der Waals surface area contributed by atoms with Gasteiger partial charge in [0, 0.05) is 33.1 Å². The first-order chi connectivity index (χ1) is 13.7. The third-order valence-corrected chi connectivity index (χ3v) is 7.50. The lowest BCUT2D eigenvalue weighted by Gasteiger charge is -2.56. The summed E-state index contributed by atoms with van der Waals surface area (Å²) in [6.07, 6.45) is 9.96. The molecular formula is C25H44N2O2. The third-order valence-electron chi connectivity index (χ3n) is 7.50. The Morgan fingerprint density at radius 2 is 1.34 bits per heavy atom. The van der Waals surface area contributed by atoms with Gasteiger partial charge in [-0.3, -0.25) is 9.59 Å². The van der Waals surface area contributed by atoms with Crippen LogP contribution in [0.15, 0.2) is 0 Å². The highest BCUT2D eigenvalue weighted by molar-refractivity contribution is 5.83. The fourth-order valence-electron chi connectivity index (χ4n) is 6.82. The fraction of sp³-hybridized carbons (Fsp3) is 0.920. The summed E-state index contributed by atoms with van der Waals surface area (Å²) in [5.41, 5.74) is -0.0371. The van der Waals surface area contributed by atoms with Crippen LogP contribution in [0, 0.1) is 35.0 Å². The van der Waals surface area contributed by atoms with Crippen molar-refractivity contribution in [3.8, 4) is 0 Å². The Kier molecular flexibility index (Phi) is 7.32. The molecule has 4 aliphatic carbocycles. The molecule has 0 aromatic heterocycles. The highest BCUT2D eigenvalue weighted by Gasteiger charge is 2.55. The van der Waals surface area contributed by atoms with Crippen molar-refractivity contribution >= 4 is 11.8 Å². The Bertz CT molecular complexity index is 538. The zero-order chi connectivity index (χ0) is 21.2. The van der Waals surface area contributed by atoms with Gasteiger partial charge in [-0.2, -0.15) is 0 Å². The molecule has 0 atom stereocenters. The van der Waals surface area contributed by atoms with E-state index in [1.165, 1.54) is 19.3 Å². The Balaban J connectivity index is 1.43. The van der Waals surface area contributed by atoms with Crippen molar-refractivity contribution in [3.63, 3.8) is 0 Å². The van der Waals surface area contributed by atoms with Gasteiger partial charge in [-0.1, -0.05) is 27.7 Å². The van der Waals surface area contributed by atoms with Crippen molar-refractivity contribution in [3.05, 3.63) is 0 Å². The SMILES string of the molecule is CC(C)CN(CC(C)C)C(=O)CCCCN(C)C(=O)C12CC3CC(CC(C3)C1)C2. The number of nitrogens with zero attached hydrogens (tertiary/aromatic N) is 2. The molecule has 0 aromatic rings. The molecule has 0 radical (unpaired) electrons. The standard InChI is InChI=1S/C25H44N2O2/c1-18(2)16-27(17-19(3)4)23(28)8-6-7-9-26(5)24(29)25-13-20-10-21(14-25)12-22(11-20)15-25/h18-22H,6-17H2,1-5H3. The summed E-state index contributed by atoms with van der Waals surface area (Å²) in [5, 5.41) is 0. The average Bonchev–Trinajstić information content (AvgIpc) is 2.61. The topological polar surface area (TPSA) is 40.6 Å². The Morgan fingerprint density at radius 1 is 0.862 bits per heavy atom. The van der Waals surface area contributed by atoms with E-state index in [9.17, 15) is 9.59 Å². The molecule has 2 amide bonds. The molecule has 29 heavy (non-hydrogen) atoms. The molecule has 166 valence electrons. The van der Waals surface area contributed by atoms with Gasteiger partial charge in [-0.25, -0.2) is 0 Å². The molecule has 4 nitrogen and oxygen atoms in total. The van der Waals surface area contributed by atoms with E-state index in [0.29, 0.717) is 24.2 Å². The van der Waals surface area contributed by atoms with Gasteiger partial charge < -0.3 is 9.80 Å². The second-order valence-electron chi connectivity index (χ2n) is 11.5. The number of hydrogen-bond acceptors (Lipinski definition) is 2. The molecule has 0 aliphatic heterocycles. The maximum Gasteiger partial charge on any atom is 0.228 e. The molecular weight excluding hydrogens is 360 g/mol. The summed E-state index contributed by atoms with van der Waals surface area (Å²) in [6, 6.07) is 0. The second-order valence-corrected chi connectivity index (χ2v) is 11.5. The van der Waals surface area contributed by atoms with Gasteiger partial charge >= 0.3 is 0 Å². The minimum absolute atomic E-state index is 0.0371. The highest BCUT2D eigenvalue weighted by atomic mass is 16.2. The van der Waals surface area contributed by atoms with Crippen LogP contribution in [0.25, 0.3) is 0 Å². The van der Waals surface area contributed by atoms with E-state index in [-0.39, 0.29) is 11.3 Å². The van der Waals surface area contributed by atoms with Crippen molar-refractivity contribution in [1.82, 2.24) is 9.80 Å². The van der Waals surface area contributed by atoms with Gasteiger partial charge in [0.05, 0.1) is 5.41 Å². The Morgan fingerprint density at radius 3 is 1.79 bits per heavy atom. The molecule has 4 fully saturated rings. The smallest absolute Gasteiger partial charge is 0.228 e. The van der Waals surface area contributed by atoms with Crippen LogP contribution < -0.4 is 0 Å². The fourth-order valence-corrected chi connectivity index (χ4v) is 6.82. The molecule has 0 N–H and O–H groups in total. The summed E-state index contributed by atoms with van der Waals surface area (Å²) >= 11 is 0. The van der Waals surface area contributed by atoms with Crippen LogP contribution in [0.1, 0.15) is 85.5 Å². The molecule has 0 aromatic carbocycles. The molecule has 0 spiro atoms. The van der Waals surface area contributed by atoms with E-state index in [1.54, 1.807) is 0 Å². The maximum absolute atomic E-state index is 13.3. The van der Waals surface area contributed by atoms with Crippen LogP contribution in [0.3, 0.4) is 0 Å². The van der Waals surface area contributed by atoms with E-state index in [2.05, 4.69) is 27.7 Å². The Hall–Kier alpha value is -1.06. The third kappa shape index (κ3) is 5.55. The molecule has 4 saturated carbocycles. The van der Waals surface area contributed by atoms with E-state index >= 15 is 0 Å². The molecule has 0 heterocycles. The van der Waals surface area contributed by atoms with Crippen molar-refractivity contribution in [2.24, 2.45) is 35.0 Å². The van der Waals surface area contributed by atoms with E-state index in [4.69, 9.17) is 0 Å². The molecule has 0 unspecified atom stereocenters. The first-order valence-electron chi connectivity index (χ1n) is 12.2. The van der Waals surface area contributed by atoms with E-state index in [0.717, 1.165) is 69.5 Å². The van der Waals surface area contributed by atoms with Crippen LogP contribution in [0.5, 0.6) is 0 Å². The van der Waals surface area contributed by atoms with Crippen molar-refractivity contribution in [2.75, 3.05) is 26.7 Å². The van der Waals surface area contributed by atoms with Gasteiger partial charge in [0.2, 0.25) is 11.8 Å². The lowest BCUT2D eigenvalue weighted by molar-refractivity contribution is -0.156. The van der Waals surface area contributed by atoms with Crippen LogP contribution in [0.2, 0.25) is 0 Å². The lowest BCUT2D eigenvalue weighted by Crippen LogP contribution is -2.54.